The minimum Gasteiger partial charge on any atom is -0.504 e. The van der Waals surface area contributed by atoms with Crippen molar-refractivity contribution in [1.82, 2.24) is 0 Å². The van der Waals surface area contributed by atoms with Crippen molar-refractivity contribution >= 4 is 17.4 Å². The van der Waals surface area contributed by atoms with Gasteiger partial charge in [0.2, 0.25) is 0 Å². The molecule has 0 saturated carbocycles. The molecule has 2 heteroatoms. The van der Waals surface area contributed by atoms with Crippen LogP contribution in [0.4, 0.5) is 0 Å². The lowest BCUT2D eigenvalue weighted by Crippen LogP contribution is -1.79. The Morgan fingerprint density at radius 3 is 2.73 bits per heavy atom. The monoisotopic (exact) mass is 216 g/mol. The Hall–Kier alpha value is -1.54. The first kappa shape index (κ1) is 9.99. The van der Waals surface area contributed by atoms with Gasteiger partial charge in [0.1, 0.15) is 0 Å². The third kappa shape index (κ3) is 2.28. The van der Waals surface area contributed by atoms with Crippen LogP contribution < -0.4 is 0 Å². The van der Waals surface area contributed by atoms with E-state index >= 15 is 0 Å². The van der Waals surface area contributed by atoms with Crippen LogP contribution in [0.3, 0.4) is 0 Å². The van der Waals surface area contributed by atoms with Gasteiger partial charge in [-0.25, -0.2) is 0 Å². The van der Waals surface area contributed by atoms with E-state index in [1.807, 2.05) is 12.1 Å². The molecule has 0 aliphatic carbocycles. The molecule has 1 aromatic heterocycles. The van der Waals surface area contributed by atoms with E-state index < -0.39 is 0 Å². The molecule has 0 unspecified atom stereocenters. The van der Waals surface area contributed by atoms with E-state index in [4.69, 9.17) is 4.74 Å². The van der Waals surface area contributed by atoms with Crippen LogP contribution in [0.1, 0.15) is 5.56 Å². The minimum atomic E-state index is 1.18. The lowest BCUT2D eigenvalue weighted by Gasteiger charge is -2.02. The highest BCUT2D eigenvalue weighted by Crippen LogP contribution is 2.28. The number of thiophene rings is 1. The van der Waals surface area contributed by atoms with Crippen molar-refractivity contribution in [3.05, 3.63) is 53.6 Å². The predicted molar refractivity (Wildman–Crippen MR) is 65.8 cm³/mol. The molecule has 0 bridgehead atoms. The van der Waals surface area contributed by atoms with E-state index in [9.17, 15) is 0 Å². The second kappa shape index (κ2) is 4.80. The van der Waals surface area contributed by atoms with Crippen LogP contribution in [0.5, 0.6) is 0 Å². The normalized spacial score (nSPS) is 10.7. The number of hydrogen-bond donors (Lipinski definition) is 0. The molecule has 1 nitrogen and oxygen atoms in total. The smallest absolute Gasteiger partial charge is 0.0830 e. The molecular formula is C13H12OS. The first-order valence-electron chi connectivity index (χ1n) is 4.74. The van der Waals surface area contributed by atoms with Gasteiger partial charge in [0.25, 0.3) is 0 Å². The maximum absolute atomic E-state index is 4.94. The third-order valence-corrected chi connectivity index (χ3v) is 3.03. The topological polar surface area (TPSA) is 9.23 Å². The Morgan fingerprint density at radius 1 is 1.13 bits per heavy atom. The molecule has 1 heterocycles. The van der Waals surface area contributed by atoms with Crippen LogP contribution in [-0.4, -0.2) is 7.11 Å². The molecule has 0 amide bonds. The average molecular weight is 216 g/mol. The highest BCUT2D eigenvalue weighted by Gasteiger charge is 2.02. The number of rotatable bonds is 3. The standard InChI is InChI=1S/C13H12OS/c1-14-9-8-11-5-2-3-6-12(11)13-7-4-10-15-13/h2-10H,1H3. The molecule has 1 aromatic carbocycles. The maximum Gasteiger partial charge on any atom is 0.0830 e. The van der Waals surface area contributed by atoms with Crippen molar-refractivity contribution in [2.45, 2.75) is 0 Å². The minimum absolute atomic E-state index is 1.18. The quantitative estimate of drug-likeness (QED) is 0.704. The van der Waals surface area contributed by atoms with Crippen LogP contribution >= 0.6 is 11.3 Å². The number of benzene rings is 1. The SMILES string of the molecule is COC=Cc1ccccc1-c1cccs1. The molecule has 0 aliphatic rings. The largest absolute Gasteiger partial charge is 0.504 e. The van der Waals surface area contributed by atoms with Gasteiger partial charge in [0.05, 0.1) is 13.4 Å². The van der Waals surface area contributed by atoms with E-state index in [1.165, 1.54) is 16.0 Å². The summed E-state index contributed by atoms with van der Waals surface area (Å²) < 4.78 is 4.94. The Labute approximate surface area is 93.6 Å². The second-order valence-electron chi connectivity index (χ2n) is 3.10. The zero-order valence-corrected chi connectivity index (χ0v) is 9.33. The van der Waals surface area contributed by atoms with E-state index in [0.717, 1.165) is 0 Å². The summed E-state index contributed by atoms with van der Waals surface area (Å²) in [6, 6.07) is 12.5. The number of ether oxygens (including phenoxy) is 1. The molecule has 0 saturated heterocycles. The summed E-state index contributed by atoms with van der Waals surface area (Å²) in [5, 5.41) is 2.09. The Balaban J connectivity index is 2.43. The van der Waals surface area contributed by atoms with Gasteiger partial charge < -0.3 is 4.74 Å². The molecule has 0 N–H and O–H groups in total. The van der Waals surface area contributed by atoms with Gasteiger partial charge in [-0.1, -0.05) is 30.3 Å². The summed E-state index contributed by atoms with van der Waals surface area (Å²) >= 11 is 1.75. The first-order valence-corrected chi connectivity index (χ1v) is 5.62. The molecule has 0 fully saturated rings. The molecule has 0 atom stereocenters. The van der Waals surface area contributed by atoms with E-state index in [0.29, 0.717) is 0 Å². The van der Waals surface area contributed by atoms with Crippen LogP contribution in [0, 0.1) is 0 Å². The lowest BCUT2D eigenvalue weighted by molar-refractivity contribution is 0.341. The van der Waals surface area contributed by atoms with Gasteiger partial charge >= 0.3 is 0 Å². The Bertz CT molecular complexity index is 443. The van der Waals surface area contributed by atoms with Crippen LogP contribution in [0.25, 0.3) is 16.5 Å². The van der Waals surface area contributed by atoms with Crippen molar-refractivity contribution in [3.63, 3.8) is 0 Å². The molecule has 2 rings (SSSR count). The van der Waals surface area contributed by atoms with Crippen LogP contribution in [0.15, 0.2) is 48.0 Å². The van der Waals surface area contributed by atoms with Gasteiger partial charge in [-0.3, -0.25) is 0 Å². The number of methoxy groups -OCH3 is 1. The highest BCUT2D eigenvalue weighted by atomic mass is 32.1. The zero-order chi connectivity index (χ0) is 10.5. The maximum atomic E-state index is 4.94. The van der Waals surface area contributed by atoms with Gasteiger partial charge in [-0.2, -0.15) is 0 Å². The molecule has 0 aliphatic heterocycles. The van der Waals surface area contributed by atoms with Crippen molar-refractivity contribution in [2.24, 2.45) is 0 Å². The van der Waals surface area contributed by atoms with Gasteiger partial charge in [0.15, 0.2) is 0 Å². The Kier molecular flexibility index (Phi) is 3.20. The van der Waals surface area contributed by atoms with Crippen molar-refractivity contribution < 1.29 is 4.74 Å². The fourth-order valence-electron chi connectivity index (χ4n) is 1.44. The molecule has 15 heavy (non-hydrogen) atoms. The van der Waals surface area contributed by atoms with Crippen molar-refractivity contribution in [2.75, 3.05) is 7.11 Å². The predicted octanol–water partition coefficient (Wildman–Crippen LogP) is 4.03. The second-order valence-corrected chi connectivity index (χ2v) is 4.05. The molecule has 0 spiro atoms. The van der Waals surface area contributed by atoms with Crippen molar-refractivity contribution in [3.8, 4) is 10.4 Å². The van der Waals surface area contributed by atoms with Gasteiger partial charge in [0, 0.05) is 4.88 Å². The highest BCUT2D eigenvalue weighted by molar-refractivity contribution is 7.13. The van der Waals surface area contributed by atoms with Crippen LogP contribution in [-0.2, 0) is 4.74 Å². The Morgan fingerprint density at radius 2 is 2.00 bits per heavy atom. The summed E-state index contributed by atoms with van der Waals surface area (Å²) in [5.74, 6) is 0. The summed E-state index contributed by atoms with van der Waals surface area (Å²) in [4.78, 5) is 1.28. The van der Waals surface area contributed by atoms with Crippen molar-refractivity contribution in [1.29, 1.82) is 0 Å². The summed E-state index contributed by atoms with van der Waals surface area (Å²) in [6.07, 6.45) is 3.68. The molecule has 0 radical (unpaired) electrons. The van der Waals surface area contributed by atoms with Gasteiger partial charge in [-0.05, 0) is 28.6 Å². The van der Waals surface area contributed by atoms with E-state index in [1.54, 1.807) is 24.7 Å². The van der Waals surface area contributed by atoms with Gasteiger partial charge in [-0.15, -0.1) is 11.3 Å². The van der Waals surface area contributed by atoms with E-state index in [2.05, 4.69) is 35.7 Å². The van der Waals surface area contributed by atoms with E-state index in [-0.39, 0.29) is 0 Å². The third-order valence-electron chi connectivity index (χ3n) is 2.13. The molecule has 76 valence electrons. The average Bonchev–Trinajstić information content (AvgIpc) is 2.80. The zero-order valence-electron chi connectivity index (χ0n) is 8.51. The fourth-order valence-corrected chi connectivity index (χ4v) is 2.21. The summed E-state index contributed by atoms with van der Waals surface area (Å²) in [7, 11) is 1.66. The summed E-state index contributed by atoms with van der Waals surface area (Å²) in [5.41, 5.74) is 2.43. The molecule has 2 aromatic rings. The number of hydrogen-bond acceptors (Lipinski definition) is 2. The first-order chi connectivity index (χ1) is 7.42. The fraction of sp³-hybridized carbons (Fsp3) is 0.0769. The lowest BCUT2D eigenvalue weighted by atomic mass is 10.1. The summed E-state index contributed by atoms with van der Waals surface area (Å²) in [6.45, 7) is 0. The van der Waals surface area contributed by atoms with Crippen LogP contribution in [0.2, 0.25) is 0 Å². The molecular weight excluding hydrogens is 204 g/mol.